The molecule has 2 aromatic heterocycles. The van der Waals surface area contributed by atoms with Gasteiger partial charge in [0.25, 0.3) is 0 Å². The van der Waals surface area contributed by atoms with Gasteiger partial charge in [-0.25, -0.2) is 4.98 Å². The Morgan fingerprint density at radius 2 is 2.31 bits per heavy atom. The Kier molecular flexibility index (Phi) is 3.05. The summed E-state index contributed by atoms with van der Waals surface area (Å²) in [4.78, 5) is 7.62. The minimum atomic E-state index is 0.774. The molecule has 5 heteroatoms. The van der Waals surface area contributed by atoms with Crippen LogP contribution in [0.3, 0.4) is 0 Å². The molecular weight excluding hydrogens is 202 g/mol. The van der Waals surface area contributed by atoms with E-state index in [1.807, 2.05) is 31.0 Å². The van der Waals surface area contributed by atoms with Crippen molar-refractivity contribution in [1.82, 2.24) is 25.1 Å². The summed E-state index contributed by atoms with van der Waals surface area (Å²) in [5, 5.41) is 7.55. The van der Waals surface area contributed by atoms with E-state index in [-0.39, 0.29) is 0 Å². The zero-order chi connectivity index (χ0) is 11.5. The lowest BCUT2D eigenvalue weighted by molar-refractivity contribution is 0.698. The topological polar surface area (TPSA) is 58.5 Å². The first-order valence-electron chi connectivity index (χ1n) is 5.46. The molecule has 0 aliphatic carbocycles. The van der Waals surface area contributed by atoms with Crippen molar-refractivity contribution in [1.29, 1.82) is 0 Å². The van der Waals surface area contributed by atoms with Gasteiger partial charge in [0.2, 0.25) is 0 Å². The fourth-order valence-corrected chi connectivity index (χ4v) is 1.70. The van der Waals surface area contributed by atoms with Gasteiger partial charge in [-0.15, -0.1) is 0 Å². The van der Waals surface area contributed by atoms with E-state index >= 15 is 0 Å². The summed E-state index contributed by atoms with van der Waals surface area (Å²) in [6, 6.07) is 0. The predicted octanol–water partition coefficient (Wildman–Crippen LogP) is 1.23. The van der Waals surface area contributed by atoms with Crippen LogP contribution in [0.2, 0.25) is 0 Å². The first-order valence-corrected chi connectivity index (χ1v) is 5.46. The third-order valence-electron chi connectivity index (χ3n) is 2.47. The molecule has 0 saturated carbocycles. The molecular formula is C11H17N5. The Labute approximate surface area is 94.9 Å². The highest BCUT2D eigenvalue weighted by molar-refractivity contribution is 5.60. The van der Waals surface area contributed by atoms with Gasteiger partial charge in [-0.05, 0) is 13.5 Å². The van der Waals surface area contributed by atoms with Crippen LogP contribution in [0.4, 0.5) is 0 Å². The molecule has 5 nitrogen and oxygen atoms in total. The number of aryl methyl sites for hydroxylation is 2. The molecule has 0 aromatic carbocycles. The normalized spacial score (nSPS) is 10.9. The Morgan fingerprint density at radius 3 is 2.94 bits per heavy atom. The molecule has 0 aliphatic rings. The highest BCUT2D eigenvalue weighted by Crippen LogP contribution is 2.19. The fourth-order valence-electron chi connectivity index (χ4n) is 1.70. The van der Waals surface area contributed by atoms with Gasteiger partial charge in [-0.2, -0.15) is 5.10 Å². The lowest BCUT2D eigenvalue weighted by atomic mass is 10.2. The SMILES string of the molecule is CCNCc1ncc(-c2cn(C)nc2C)[nH]1. The van der Waals surface area contributed by atoms with Gasteiger partial charge in [0.15, 0.2) is 0 Å². The van der Waals surface area contributed by atoms with Crippen LogP contribution in [-0.4, -0.2) is 26.3 Å². The Morgan fingerprint density at radius 1 is 1.50 bits per heavy atom. The van der Waals surface area contributed by atoms with E-state index < -0.39 is 0 Å². The highest BCUT2D eigenvalue weighted by Gasteiger charge is 2.08. The van der Waals surface area contributed by atoms with Gasteiger partial charge in [0.05, 0.1) is 24.1 Å². The second kappa shape index (κ2) is 4.49. The van der Waals surface area contributed by atoms with Crippen LogP contribution in [-0.2, 0) is 13.6 Å². The minimum Gasteiger partial charge on any atom is -0.341 e. The van der Waals surface area contributed by atoms with Crippen molar-refractivity contribution in [3.63, 3.8) is 0 Å². The monoisotopic (exact) mass is 219 g/mol. The van der Waals surface area contributed by atoms with Gasteiger partial charge >= 0.3 is 0 Å². The second-order valence-electron chi connectivity index (χ2n) is 3.83. The molecule has 0 aliphatic heterocycles. The second-order valence-corrected chi connectivity index (χ2v) is 3.83. The van der Waals surface area contributed by atoms with Crippen LogP contribution >= 0.6 is 0 Å². The van der Waals surface area contributed by atoms with Crippen LogP contribution in [0.15, 0.2) is 12.4 Å². The molecule has 2 N–H and O–H groups in total. The highest BCUT2D eigenvalue weighted by atomic mass is 15.2. The van der Waals surface area contributed by atoms with Crippen molar-refractivity contribution in [2.24, 2.45) is 7.05 Å². The molecule has 0 amide bonds. The quantitative estimate of drug-likeness (QED) is 0.813. The molecule has 2 aromatic rings. The van der Waals surface area contributed by atoms with Gasteiger partial charge in [-0.1, -0.05) is 6.92 Å². The summed E-state index contributed by atoms with van der Waals surface area (Å²) in [6.07, 6.45) is 3.86. The lowest BCUT2D eigenvalue weighted by Gasteiger charge is -1.96. The van der Waals surface area contributed by atoms with E-state index in [1.54, 1.807) is 0 Å². The van der Waals surface area contributed by atoms with E-state index in [1.165, 1.54) is 0 Å². The van der Waals surface area contributed by atoms with Crippen LogP contribution in [0.25, 0.3) is 11.3 Å². The van der Waals surface area contributed by atoms with Crippen molar-refractivity contribution in [2.75, 3.05) is 6.54 Å². The molecule has 0 saturated heterocycles. The maximum absolute atomic E-state index is 4.33. The van der Waals surface area contributed by atoms with Crippen molar-refractivity contribution in [3.8, 4) is 11.3 Å². The Balaban J connectivity index is 2.21. The number of H-pyrrole nitrogens is 1. The van der Waals surface area contributed by atoms with Gasteiger partial charge in [0.1, 0.15) is 5.82 Å². The van der Waals surface area contributed by atoms with Crippen molar-refractivity contribution in [3.05, 3.63) is 23.9 Å². The molecule has 0 spiro atoms. The maximum atomic E-state index is 4.33. The van der Waals surface area contributed by atoms with E-state index in [2.05, 4.69) is 27.3 Å². The molecule has 2 heterocycles. The third kappa shape index (κ3) is 2.14. The number of hydrogen-bond donors (Lipinski definition) is 2. The van der Waals surface area contributed by atoms with Gasteiger partial charge in [-0.3, -0.25) is 4.68 Å². The zero-order valence-corrected chi connectivity index (χ0v) is 9.91. The summed E-state index contributed by atoms with van der Waals surface area (Å²) in [5.74, 6) is 0.958. The molecule has 0 radical (unpaired) electrons. The van der Waals surface area contributed by atoms with Crippen LogP contribution in [0.1, 0.15) is 18.4 Å². The number of aromatic amines is 1. The largest absolute Gasteiger partial charge is 0.341 e. The number of hydrogen-bond acceptors (Lipinski definition) is 3. The standard InChI is InChI=1S/C11H17N5/c1-4-12-6-11-13-5-10(14-11)9-7-16(3)15-8(9)2/h5,7,12H,4,6H2,1-3H3,(H,13,14). The van der Waals surface area contributed by atoms with Crippen molar-refractivity contribution >= 4 is 0 Å². The van der Waals surface area contributed by atoms with E-state index in [9.17, 15) is 0 Å². The van der Waals surface area contributed by atoms with Gasteiger partial charge < -0.3 is 10.3 Å². The molecule has 0 unspecified atom stereocenters. The van der Waals surface area contributed by atoms with E-state index in [4.69, 9.17) is 0 Å². The average molecular weight is 219 g/mol. The van der Waals surface area contributed by atoms with Crippen LogP contribution in [0.5, 0.6) is 0 Å². The predicted molar refractivity (Wildman–Crippen MR) is 62.9 cm³/mol. The summed E-state index contributed by atoms with van der Waals surface area (Å²) in [5.41, 5.74) is 3.15. The molecule has 0 bridgehead atoms. The molecule has 0 fully saturated rings. The average Bonchev–Trinajstić information content (AvgIpc) is 2.82. The fraction of sp³-hybridized carbons (Fsp3) is 0.455. The number of imidazole rings is 1. The maximum Gasteiger partial charge on any atom is 0.120 e. The van der Waals surface area contributed by atoms with Crippen molar-refractivity contribution in [2.45, 2.75) is 20.4 Å². The van der Waals surface area contributed by atoms with Crippen LogP contribution < -0.4 is 5.32 Å². The number of rotatable bonds is 4. The summed E-state index contributed by atoms with van der Waals surface area (Å²) < 4.78 is 1.81. The summed E-state index contributed by atoms with van der Waals surface area (Å²) in [6.45, 7) is 5.80. The minimum absolute atomic E-state index is 0.774. The molecule has 16 heavy (non-hydrogen) atoms. The van der Waals surface area contributed by atoms with E-state index in [0.29, 0.717) is 0 Å². The number of aromatic nitrogens is 4. The Bertz CT molecular complexity index is 468. The third-order valence-corrected chi connectivity index (χ3v) is 2.47. The van der Waals surface area contributed by atoms with E-state index in [0.717, 1.165) is 35.9 Å². The zero-order valence-electron chi connectivity index (χ0n) is 9.91. The molecule has 0 atom stereocenters. The summed E-state index contributed by atoms with van der Waals surface area (Å²) >= 11 is 0. The van der Waals surface area contributed by atoms with Crippen molar-refractivity contribution < 1.29 is 0 Å². The summed E-state index contributed by atoms with van der Waals surface area (Å²) in [7, 11) is 1.92. The first-order chi connectivity index (χ1) is 7.70. The number of nitrogens with one attached hydrogen (secondary N) is 2. The lowest BCUT2D eigenvalue weighted by Crippen LogP contribution is -2.12. The van der Waals surface area contributed by atoms with Crippen LogP contribution in [0, 0.1) is 6.92 Å². The molecule has 86 valence electrons. The Hall–Kier alpha value is -1.62. The first kappa shape index (κ1) is 10.9. The molecule has 2 rings (SSSR count). The van der Waals surface area contributed by atoms with Gasteiger partial charge in [0, 0.05) is 18.8 Å². The number of nitrogens with zero attached hydrogens (tertiary/aromatic N) is 3. The smallest absolute Gasteiger partial charge is 0.120 e.